The number of non-ortho nitro benzene ring substituents is 1. The molecule has 0 aliphatic heterocycles. The van der Waals surface area contributed by atoms with Crippen molar-refractivity contribution in [2.45, 2.75) is 17.9 Å². The van der Waals surface area contributed by atoms with Gasteiger partial charge in [-0.1, -0.05) is 23.7 Å². The molecule has 0 unspecified atom stereocenters. The average Bonchev–Trinajstić information content (AvgIpc) is 2.60. The van der Waals surface area contributed by atoms with Crippen LogP contribution in [-0.2, 0) is 14.8 Å². The first-order valence-electron chi connectivity index (χ1n) is 7.65. The van der Waals surface area contributed by atoms with Crippen LogP contribution in [0.15, 0.2) is 53.4 Å². The first-order chi connectivity index (χ1) is 12.7. The molecule has 2 N–H and O–H groups in total. The highest BCUT2D eigenvalue weighted by Gasteiger charge is 2.19. The summed E-state index contributed by atoms with van der Waals surface area (Å²) in [6, 6.07) is 11.1. The van der Waals surface area contributed by atoms with Crippen molar-refractivity contribution < 1.29 is 22.9 Å². The summed E-state index contributed by atoms with van der Waals surface area (Å²) in [7, 11) is -4.00. The van der Waals surface area contributed by atoms with Crippen LogP contribution < -0.4 is 10.0 Å². The lowest BCUT2D eigenvalue weighted by Crippen LogP contribution is -2.34. The Kier molecular flexibility index (Phi) is 6.72. The fourth-order valence-corrected chi connectivity index (χ4v) is 3.36. The van der Waals surface area contributed by atoms with Gasteiger partial charge in [-0.2, -0.15) is 0 Å². The summed E-state index contributed by atoms with van der Waals surface area (Å²) >= 11 is 5.81. The van der Waals surface area contributed by atoms with Gasteiger partial charge >= 0.3 is 6.09 Å². The van der Waals surface area contributed by atoms with E-state index < -0.39 is 27.1 Å². The van der Waals surface area contributed by atoms with E-state index in [4.69, 9.17) is 16.3 Å². The number of hydrogen-bond donors (Lipinski definition) is 2. The number of sulfonamides is 1. The van der Waals surface area contributed by atoms with Crippen LogP contribution >= 0.6 is 11.6 Å². The summed E-state index contributed by atoms with van der Waals surface area (Å²) in [6.45, 7) is 1.28. The van der Waals surface area contributed by atoms with Gasteiger partial charge in [0, 0.05) is 29.4 Å². The van der Waals surface area contributed by atoms with E-state index >= 15 is 0 Å². The Morgan fingerprint density at radius 2 is 1.96 bits per heavy atom. The van der Waals surface area contributed by atoms with Crippen molar-refractivity contribution in [3.8, 4) is 0 Å². The number of hydrogen-bond acceptors (Lipinski definition) is 6. The zero-order valence-corrected chi connectivity index (χ0v) is 15.7. The molecule has 2 rings (SSSR count). The predicted octanol–water partition coefficient (Wildman–Crippen LogP) is 3.16. The number of carbonyl (C=O) groups excluding carboxylic acids is 1. The molecule has 0 aliphatic rings. The maximum atomic E-state index is 12.2. The fourth-order valence-electron chi connectivity index (χ4n) is 2.01. The number of rotatable bonds is 7. The van der Waals surface area contributed by atoms with Crippen LogP contribution in [0.3, 0.4) is 0 Å². The highest BCUT2D eigenvalue weighted by Crippen LogP contribution is 2.17. The zero-order chi connectivity index (χ0) is 20.0. The molecule has 0 saturated heterocycles. The summed E-state index contributed by atoms with van der Waals surface area (Å²) in [5, 5.41) is 13.7. The van der Waals surface area contributed by atoms with Crippen molar-refractivity contribution in [2.24, 2.45) is 0 Å². The Morgan fingerprint density at radius 1 is 1.26 bits per heavy atom. The lowest BCUT2D eigenvalue weighted by Gasteiger charge is -2.15. The van der Waals surface area contributed by atoms with Crippen molar-refractivity contribution in [1.82, 2.24) is 4.72 Å². The molecular formula is C16H16ClN3O6S. The fraction of sp³-hybridized carbons (Fsp3) is 0.188. The Labute approximate surface area is 160 Å². The normalized spacial score (nSPS) is 12.2. The molecule has 2 aromatic rings. The lowest BCUT2D eigenvalue weighted by molar-refractivity contribution is -0.385. The minimum absolute atomic E-state index is 0.214. The third kappa shape index (κ3) is 6.20. The van der Waals surface area contributed by atoms with Crippen LogP contribution in [0.25, 0.3) is 0 Å². The van der Waals surface area contributed by atoms with E-state index in [1.165, 1.54) is 31.2 Å². The van der Waals surface area contributed by atoms with E-state index in [-0.39, 0.29) is 17.1 Å². The Balaban J connectivity index is 1.92. The minimum atomic E-state index is -4.00. The van der Waals surface area contributed by atoms with Gasteiger partial charge in [0.05, 0.1) is 9.82 Å². The number of carbonyl (C=O) groups is 1. The highest BCUT2D eigenvalue weighted by atomic mass is 35.5. The number of nitro groups is 1. The van der Waals surface area contributed by atoms with Crippen LogP contribution in [-0.4, -0.2) is 32.1 Å². The molecule has 0 aromatic heterocycles. The van der Waals surface area contributed by atoms with Gasteiger partial charge in [0.15, 0.2) is 0 Å². The Hall–Kier alpha value is -2.69. The van der Waals surface area contributed by atoms with E-state index in [1.807, 2.05) is 0 Å². The standard InChI is InChI=1S/C16H16ClN3O6S/c1-11(26-16(21)19-13-5-2-4-12(17)8-13)10-18-27(24,25)15-7-3-6-14(9-15)20(22)23/h2-9,11,18H,10H2,1H3,(H,19,21)/t11-/m0/s1. The van der Waals surface area contributed by atoms with Gasteiger partial charge in [0.2, 0.25) is 10.0 Å². The first kappa shape index (κ1) is 20.6. The Bertz CT molecular complexity index is 951. The predicted molar refractivity (Wildman–Crippen MR) is 99.3 cm³/mol. The molecule has 11 heteroatoms. The van der Waals surface area contributed by atoms with E-state index in [1.54, 1.807) is 18.2 Å². The zero-order valence-electron chi connectivity index (χ0n) is 14.1. The minimum Gasteiger partial charge on any atom is -0.445 e. The van der Waals surface area contributed by atoms with Crippen LogP contribution in [0.4, 0.5) is 16.2 Å². The number of nitrogens with one attached hydrogen (secondary N) is 2. The molecule has 0 heterocycles. The third-order valence-corrected chi connectivity index (χ3v) is 4.94. The van der Waals surface area contributed by atoms with Crippen LogP contribution in [0.2, 0.25) is 5.02 Å². The van der Waals surface area contributed by atoms with Gasteiger partial charge < -0.3 is 4.74 Å². The van der Waals surface area contributed by atoms with Crippen LogP contribution in [0, 0.1) is 10.1 Å². The van der Waals surface area contributed by atoms with Gasteiger partial charge in [-0.3, -0.25) is 15.4 Å². The molecule has 0 spiro atoms. The molecule has 0 bridgehead atoms. The van der Waals surface area contributed by atoms with Crippen molar-refractivity contribution in [1.29, 1.82) is 0 Å². The highest BCUT2D eigenvalue weighted by molar-refractivity contribution is 7.89. The molecule has 144 valence electrons. The summed E-state index contributed by atoms with van der Waals surface area (Å²) in [4.78, 5) is 21.6. The van der Waals surface area contributed by atoms with Crippen molar-refractivity contribution in [3.63, 3.8) is 0 Å². The molecule has 2 aromatic carbocycles. The third-order valence-electron chi connectivity index (χ3n) is 3.28. The van der Waals surface area contributed by atoms with Crippen molar-refractivity contribution in [2.75, 3.05) is 11.9 Å². The maximum absolute atomic E-state index is 12.2. The van der Waals surface area contributed by atoms with E-state index in [9.17, 15) is 23.3 Å². The van der Waals surface area contributed by atoms with Crippen LogP contribution in [0.5, 0.6) is 0 Å². The second kappa shape index (κ2) is 8.80. The monoisotopic (exact) mass is 413 g/mol. The molecule has 27 heavy (non-hydrogen) atoms. The van der Waals surface area contributed by atoms with Crippen molar-refractivity contribution in [3.05, 3.63) is 63.7 Å². The first-order valence-corrected chi connectivity index (χ1v) is 9.51. The quantitative estimate of drug-likeness (QED) is 0.530. The van der Waals surface area contributed by atoms with Gasteiger partial charge in [-0.15, -0.1) is 0 Å². The molecule has 0 radical (unpaired) electrons. The van der Waals surface area contributed by atoms with E-state index in [0.717, 1.165) is 6.07 Å². The molecule has 1 amide bonds. The SMILES string of the molecule is C[C@@H](CNS(=O)(=O)c1cccc([N+](=O)[O-])c1)OC(=O)Nc1cccc(Cl)c1. The Morgan fingerprint density at radius 3 is 2.63 bits per heavy atom. The number of amides is 1. The van der Waals surface area contributed by atoms with Gasteiger partial charge in [-0.25, -0.2) is 17.9 Å². The van der Waals surface area contributed by atoms with Gasteiger partial charge in [0.1, 0.15) is 6.10 Å². The smallest absolute Gasteiger partial charge is 0.411 e. The molecule has 0 fully saturated rings. The summed E-state index contributed by atoms with van der Waals surface area (Å²) in [5.41, 5.74) is 0.0833. The number of nitrogens with zero attached hydrogens (tertiary/aromatic N) is 1. The van der Waals surface area contributed by atoms with E-state index in [0.29, 0.717) is 10.7 Å². The molecule has 9 nitrogen and oxygen atoms in total. The largest absolute Gasteiger partial charge is 0.445 e. The number of benzene rings is 2. The average molecular weight is 414 g/mol. The van der Waals surface area contributed by atoms with Crippen molar-refractivity contribution >= 4 is 39.1 Å². The number of halogens is 1. The second-order valence-electron chi connectivity index (χ2n) is 5.46. The molecule has 1 atom stereocenters. The number of ether oxygens (including phenoxy) is 1. The van der Waals surface area contributed by atoms with Gasteiger partial charge in [0.25, 0.3) is 5.69 Å². The lowest BCUT2D eigenvalue weighted by atomic mass is 10.3. The maximum Gasteiger partial charge on any atom is 0.411 e. The number of anilines is 1. The summed E-state index contributed by atoms with van der Waals surface area (Å²) < 4.78 is 31.7. The molecular weight excluding hydrogens is 398 g/mol. The summed E-state index contributed by atoms with van der Waals surface area (Å²) in [6.07, 6.45) is -1.57. The van der Waals surface area contributed by atoms with E-state index in [2.05, 4.69) is 10.0 Å². The number of nitro benzene ring substituents is 1. The second-order valence-corrected chi connectivity index (χ2v) is 7.66. The molecule has 0 aliphatic carbocycles. The molecule has 0 saturated carbocycles. The van der Waals surface area contributed by atoms with Crippen LogP contribution in [0.1, 0.15) is 6.92 Å². The van der Waals surface area contributed by atoms with Gasteiger partial charge in [-0.05, 0) is 31.2 Å². The summed E-state index contributed by atoms with van der Waals surface area (Å²) in [5.74, 6) is 0. The topological polar surface area (TPSA) is 128 Å².